The van der Waals surface area contributed by atoms with Crippen molar-refractivity contribution in [1.82, 2.24) is 4.90 Å². The van der Waals surface area contributed by atoms with Gasteiger partial charge in [-0.15, -0.1) is 0 Å². The normalized spacial score (nSPS) is 14.3. The van der Waals surface area contributed by atoms with E-state index in [0.717, 1.165) is 4.90 Å². The minimum Gasteiger partial charge on any atom is -0.383 e. The Labute approximate surface area is 129 Å². The minimum atomic E-state index is -0.553. The number of fused-ring (bicyclic) bond motifs is 1. The van der Waals surface area contributed by atoms with E-state index in [9.17, 15) is 9.59 Å². The van der Waals surface area contributed by atoms with Crippen molar-refractivity contribution in [3.05, 3.63) is 31.2 Å². The highest BCUT2D eigenvalue weighted by molar-refractivity contribution is 6.55. The smallest absolute Gasteiger partial charge is 0.263 e. The van der Waals surface area contributed by atoms with E-state index in [2.05, 4.69) is 0 Å². The summed E-state index contributed by atoms with van der Waals surface area (Å²) in [5, 5.41) is -0.211. The first-order valence-electron chi connectivity index (χ1n) is 5.12. The van der Waals surface area contributed by atoms with Gasteiger partial charge in [-0.05, 0) is 0 Å². The van der Waals surface area contributed by atoms with E-state index >= 15 is 0 Å². The van der Waals surface area contributed by atoms with Crippen LogP contribution in [0.25, 0.3) is 0 Å². The monoisotopic (exact) mass is 341 g/mol. The van der Waals surface area contributed by atoms with Gasteiger partial charge in [0.1, 0.15) is 0 Å². The summed E-state index contributed by atoms with van der Waals surface area (Å²) < 4.78 is 4.84. The maximum Gasteiger partial charge on any atom is 0.263 e. The first-order valence-corrected chi connectivity index (χ1v) is 6.64. The van der Waals surface area contributed by atoms with Gasteiger partial charge in [0.05, 0.1) is 44.4 Å². The van der Waals surface area contributed by atoms with E-state index in [1.807, 2.05) is 0 Å². The summed E-state index contributed by atoms with van der Waals surface area (Å²) in [6.07, 6.45) is 0. The van der Waals surface area contributed by atoms with Gasteiger partial charge in [0.2, 0.25) is 0 Å². The lowest BCUT2D eigenvalue weighted by Crippen LogP contribution is -2.32. The number of imide groups is 1. The number of ether oxygens (including phenoxy) is 1. The van der Waals surface area contributed by atoms with Gasteiger partial charge in [-0.2, -0.15) is 0 Å². The molecule has 8 heteroatoms. The van der Waals surface area contributed by atoms with Crippen LogP contribution < -0.4 is 0 Å². The van der Waals surface area contributed by atoms with Gasteiger partial charge in [-0.25, -0.2) is 0 Å². The molecule has 0 radical (unpaired) electrons. The van der Waals surface area contributed by atoms with Crippen molar-refractivity contribution in [1.29, 1.82) is 0 Å². The van der Waals surface area contributed by atoms with Gasteiger partial charge < -0.3 is 4.74 Å². The molecule has 0 saturated carbocycles. The molecule has 1 aromatic rings. The summed E-state index contributed by atoms with van der Waals surface area (Å²) >= 11 is 23.7. The number of hydrogen-bond acceptors (Lipinski definition) is 3. The fraction of sp³-hybridized carbons (Fsp3) is 0.273. The predicted octanol–water partition coefficient (Wildman–Crippen LogP) is 3.54. The number of amides is 2. The average molecular weight is 343 g/mol. The van der Waals surface area contributed by atoms with Crippen molar-refractivity contribution in [3.63, 3.8) is 0 Å². The second-order valence-electron chi connectivity index (χ2n) is 3.76. The number of carbonyl (C=O) groups is 2. The molecule has 1 aliphatic rings. The number of methoxy groups -OCH3 is 1. The molecule has 4 nitrogen and oxygen atoms in total. The summed E-state index contributed by atoms with van der Waals surface area (Å²) in [6, 6.07) is 0. The second kappa shape index (κ2) is 5.46. The van der Waals surface area contributed by atoms with Crippen LogP contribution in [-0.2, 0) is 4.74 Å². The first-order chi connectivity index (χ1) is 8.91. The number of hydrogen-bond donors (Lipinski definition) is 0. The highest BCUT2D eigenvalue weighted by atomic mass is 35.5. The molecular weight excluding hydrogens is 336 g/mol. The van der Waals surface area contributed by atoms with Crippen LogP contribution in [0.4, 0.5) is 0 Å². The third-order valence-corrected chi connectivity index (χ3v) is 4.51. The van der Waals surface area contributed by atoms with Crippen LogP contribution in [-0.4, -0.2) is 37.0 Å². The Morgan fingerprint density at radius 3 is 1.68 bits per heavy atom. The highest BCUT2D eigenvalue weighted by Crippen LogP contribution is 2.44. The molecule has 0 unspecified atom stereocenters. The van der Waals surface area contributed by atoms with Gasteiger partial charge in [-0.3, -0.25) is 14.5 Å². The zero-order valence-electron chi connectivity index (χ0n) is 9.60. The maximum absolute atomic E-state index is 12.2. The Bertz CT molecular complexity index is 541. The van der Waals surface area contributed by atoms with Gasteiger partial charge in [-0.1, -0.05) is 46.4 Å². The SMILES string of the molecule is COCCN1C(=O)c2c(Cl)c(Cl)c(Cl)c(Cl)c2C1=O. The van der Waals surface area contributed by atoms with Gasteiger partial charge in [0.25, 0.3) is 11.8 Å². The molecule has 0 bridgehead atoms. The van der Waals surface area contributed by atoms with E-state index in [0.29, 0.717) is 0 Å². The number of halogens is 4. The molecule has 1 heterocycles. The zero-order valence-corrected chi connectivity index (χ0v) is 12.6. The predicted molar refractivity (Wildman–Crippen MR) is 73.7 cm³/mol. The summed E-state index contributed by atoms with van der Waals surface area (Å²) in [7, 11) is 1.46. The number of carbonyl (C=O) groups excluding carboxylic acids is 2. The minimum absolute atomic E-state index is 0.0119. The van der Waals surface area contributed by atoms with Gasteiger partial charge in [0.15, 0.2) is 0 Å². The lowest BCUT2D eigenvalue weighted by molar-refractivity contribution is 0.0603. The van der Waals surface area contributed by atoms with E-state index < -0.39 is 11.8 Å². The Morgan fingerprint density at radius 2 is 1.32 bits per heavy atom. The molecule has 0 atom stereocenters. The van der Waals surface area contributed by atoms with Crippen molar-refractivity contribution in [3.8, 4) is 0 Å². The summed E-state index contributed by atoms with van der Waals surface area (Å²) in [6.45, 7) is 0.312. The molecule has 0 aromatic heterocycles. The molecule has 1 aromatic carbocycles. The molecule has 2 rings (SSSR count). The third kappa shape index (κ3) is 2.22. The number of benzene rings is 1. The highest BCUT2D eigenvalue weighted by Gasteiger charge is 2.41. The fourth-order valence-electron chi connectivity index (χ4n) is 1.78. The van der Waals surface area contributed by atoms with Crippen molar-refractivity contribution < 1.29 is 14.3 Å². The van der Waals surface area contributed by atoms with Crippen LogP contribution in [0.3, 0.4) is 0 Å². The summed E-state index contributed by atoms with van der Waals surface area (Å²) in [5.41, 5.74) is -0.0238. The lowest BCUT2D eigenvalue weighted by Gasteiger charge is -2.12. The number of rotatable bonds is 3. The summed E-state index contributed by atoms with van der Waals surface area (Å²) in [5.74, 6) is -1.11. The molecule has 0 spiro atoms. The van der Waals surface area contributed by atoms with Crippen molar-refractivity contribution >= 4 is 58.2 Å². The number of nitrogens with zero attached hydrogens (tertiary/aromatic N) is 1. The Morgan fingerprint density at radius 1 is 0.895 bits per heavy atom. The molecular formula is C11H7Cl4NO3. The second-order valence-corrected chi connectivity index (χ2v) is 5.27. The van der Waals surface area contributed by atoms with Crippen LogP contribution in [0.5, 0.6) is 0 Å². The molecule has 1 aliphatic heterocycles. The Kier molecular flexibility index (Phi) is 4.28. The maximum atomic E-state index is 12.2. The average Bonchev–Trinajstić information content (AvgIpc) is 2.63. The van der Waals surface area contributed by atoms with Crippen LogP contribution in [0.1, 0.15) is 20.7 Å². The molecule has 0 saturated heterocycles. The summed E-state index contributed by atoms with van der Waals surface area (Å²) in [4.78, 5) is 25.3. The zero-order chi connectivity index (χ0) is 14.3. The van der Waals surface area contributed by atoms with Gasteiger partial charge in [0, 0.05) is 7.11 Å². The van der Waals surface area contributed by atoms with Gasteiger partial charge >= 0.3 is 0 Å². The molecule has 0 aliphatic carbocycles. The lowest BCUT2D eigenvalue weighted by atomic mass is 10.1. The van der Waals surface area contributed by atoms with Crippen LogP contribution in [0.2, 0.25) is 20.1 Å². The third-order valence-electron chi connectivity index (χ3n) is 2.70. The van der Waals surface area contributed by atoms with E-state index in [1.54, 1.807) is 0 Å². The molecule has 19 heavy (non-hydrogen) atoms. The fourth-order valence-corrected chi connectivity index (χ4v) is 2.80. The van der Waals surface area contributed by atoms with Crippen molar-refractivity contribution in [2.75, 3.05) is 20.3 Å². The molecule has 102 valence electrons. The topological polar surface area (TPSA) is 46.6 Å². The van der Waals surface area contributed by atoms with Crippen molar-refractivity contribution in [2.45, 2.75) is 0 Å². The van der Waals surface area contributed by atoms with Crippen LogP contribution in [0.15, 0.2) is 0 Å². The Balaban J connectivity index is 2.59. The van der Waals surface area contributed by atoms with E-state index in [1.165, 1.54) is 7.11 Å². The Hall–Kier alpha value is -0.520. The van der Waals surface area contributed by atoms with E-state index in [4.69, 9.17) is 51.1 Å². The van der Waals surface area contributed by atoms with Crippen LogP contribution >= 0.6 is 46.4 Å². The largest absolute Gasteiger partial charge is 0.383 e. The quantitative estimate of drug-likeness (QED) is 0.479. The molecule has 2 amide bonds. The van der Waals surface area contributed by atoms with E-state index in [-0.39, 0.29) is 44.4 Å². The molecule has 0 fully saturated rings. The first kappa shape index (κ1) is 14.9. The molecule has 0 N–H and O–H groups in total. The van der Waals surface area contributed by atoms with Crippen LogP contribution in [0, 0.1) is 0 Å². The van der Waals surface area contributed by atoms with Crippen molar-refractivity contribution in [2.24, 2.45) is 0 Å². The standard InChI is InChI=1S/C11H7Cl4NO3/c1-19-3-2-16-10(17)4-5(11(16)18)7(13)9(15)8(14)6(4)12/h2-3H2,1H3.